The molecule has 0 radical (unpaired) electrons. The minimum absolute atomic E-state index is 0.112. The molecular formula is C16H19F3N6O4S. The SMILES string of the molecule is CCOC(=O)C1=CN(S/C(=N\NC)NC(=O)Cc2cccc(OC(F)(F)F)c2)NN1. The molecule has 0 fully saturated rings. The molecule has 1 heterocycles. The predicted octanol–water partition coefficient (Wildman–Crippen LogP) is 1.11. The molecule has 0 aliphatic carbocycles. The van der Waals surface area contributed by atoms with Crippen molar-refractivity contribution in [2.24, 2.45) is 5.10 Å². The summed E-state index contributed by atoms with van der Waals surface area (Å²) in [7, 11) is 1.51. The summed E-state index contributed by atoms with van der Waals surface area (Å²) in [6, 6.07) is 5.10. The van der Waals surface area contributed by atoms with Crippen molar-refractivity contribution in [2.75, 3.05) is 13.7 Å². The average molecular weight is 448 g/mol. The molecule has 0 bridgehead atoms. The standard InChI is InChI=1S/C16H19F3N6O4S/c1-3-28-14(27)12-9-25(24-22-12)30-15(23-20-2)21-13(26)8-10-5-4-6-11(7-10)29-16(17,18)19/h4-7,9,20,22,24H,3,8H2,1-2H3,(H,21,23,26). The van der Waals surface area contributed by atoms with Crippen molar-refractivity contribution in [3.63, 3.8) is 0 Å². The highest BCUT2D eigenvalue weighted by Gasteiger charge is 2.31. The number of hydrazine groups is 2. The summed E-state index contributed by atoms with van der Waals surface area (Å²) in [6.45, 7) is 1.88. The van der Waals surface area contributed by atoms with Gasteiger partial charge in [-0.15, -0.1) is 18.7 Å². The number of ether oxygens (including phenoxy) is 2. The smallest absolute Gasteiger partial charge is 0.461 e. The third kappa shape index (κ3) is 7.71. The second-order valence-electron chi connectivity index (χ2n) is 5.48. The van der Waals surface area contributed by atoms with Gasteiger partial charge in [0.25, 0.3) is 0 Å². The Labute approximate surface area is 173 Å². The summed E-state index contributed by atoms with van der Waals surface area (Å²) < 4.78 is 47.1. The van der Waals surface area contributed by atoms with Crippen molar-refractivity contribution in [3.05, 3.63) is 41.7 Å². The maximum Gasteiger partial charge on any atom is 0.573 e. The Morgan fingerprint density at radius 1 is 1.33 bits per heavy atom. The highest BCUT2D eigenvalue weighted by molar-refractivity contribution is 8.11. The van der Waals surface area contributed by atoms with E-state index >= 15 is 0 Å². The first-order chi connectivity index (χ1) is 14.2. The van der Waals surface area contributed by atoms with E-state index in [9.17, 15) is 22.8 Å². The Hall–Kier alpha value is -3.13. The number of nitrogens with zero attached hydrogens (tertiary/aromatic N) is 2. The lowest BCUT2D eigenvalue weighted by molar-refractivity contribution is -0.274. The fourth-order valence-corrected chi connectivity index (χ4v) is 2.85. The molecule has 1 aliphatic rings. The molecule has 4 N–H and O–H groups in total. The van der Waals surface area contributed by atoms with Crippen LogP contribution in [0.25, 0.3) is 0 Å². The van der Waals surface area contributed by atoms with Gasteiger partial charge in [0.1, 0.15) is 5.75 Å². The van der Waals surface area contributed by atoms with Gasteiger partial charge >= 0.3 is 12.3 Å². The normalized spacial score (nSPS) is 14.0. The topological polar surface area (TPSA) is 116 Å². The first-order valence-corrected chi connectivity index (χ1v) is 9.24. The fraction of sp³-hybridized carbons (Fsp3) is 0.312. The summed E-state index contributed by atoms with van der Waals surface area (Å²) in [4.78, 5) is 24.0. The van der Waals surface area contributed by atoms with Crippen LogP contribution in [0.1, 0.15) is 12.5 Å². The lowest BCUT2D eigenvalue weighted by Crippen LogP contribution is -2.38. The van der Waals surface area contributed by atoms with Gasteiger partial charge in [-0.25, -0.2) is 9.21 Å². The maximum absolute atomic E-state index is 12.3. The van der Waals surface area contributed by atoms with Gasteiger partial charge in [-0.1, -0.05) is 12.1 Å². The molecule has 30 heavy (non-hydrogen) atoms. The highest BCUT2D eigenvalue weighted by atomic mass is 32.2. The first-order valence-electron chi connectivity index (χ1n) is 8.47. The molecule has 1 amide bonds. The third-order valence-corrected chi connectivity index (χ3v) is 3.94. The van der Waals surface area contributed by atoms with Crippen LogP contribution in [-0.4, -0.2) is 41.5 Å². The summed E-state index contributed by atoms with van der Waals surface area (Å²) >= 11 is 0.924. The Morgan fingerprint density at radius 3 is 2.77 bits per heavy atom. The number of rotatable bonds is 7. The van der Waals surface area contributed by atoms with Crippen molar-refractivity contribution < 1.29 is 32.2 Å². The molecule has 0 aromatic heterocycles. The Bertz CT molecular complexity index is 833. The minimum atomic E-state index is -4.82. The molecule has 0 saturated carbocycles. The predicted molar refractivity (Wildman–Crippen MR) is 102 cm³/mol. The van der Waals surface area contributed by atoms with E-state index in [1.807, 2.05) is 0 Å². The van der Waals surface area contributed by atoms with E-state index in [4.69, 9.17) is 4.74 Å². The number of alkyl halides is 3. The van der Waals surface area contributed by atoms with Gasteiger partial charge in [0.15, 0.2) is 5.70 Å². The highest BCUT2D eigenvalue weighted by Crippen LogP contribution is 2.23. The zero-order valence-corrected chi connectivity index (χ0v) is 16.7. The maximum atomic E-state index is 12.3. The van der Waals surface area contributed by atoms with Crippen LogP contribution in [0.3, 0.4) is 0 Å². The van der Waals surface area contributed by atoms with Gasteiger partial charge in [-0.05, 0) is 24.6 Å². The van der Waals surface area contributed by atoms with Gasteiger partial charge in [0.05, 0.1) is 19.2 Å². The van der Waals surface area contributed by atoms with Crippen molar-refractivity contribution in [2.45, 2.75) is 19.7 Å². The number of amidine groups is 1. The zero-order valence-electron chi connectivity index (χ0n) is 15.9. The van der Waals surface area contributed by atoms with Crippen LogP contribution in [0, 0.1) is 0 Å². The average Bonchev–Trinajstić information content (AvgIpc) is 3.09. The van der Waals surface area contributed by atoms with E-state index in [0.29, 0.717) is 5.56 Å². The second-order valence-corrected chi connectivity index (χ2v) is 6.44. The van der Waals surface area contributed by atoms with Crippen molar-refractivity contribution >= 4 is 29.0 Å². The van der Waals surface area contributed by atoms with Gasteiger partial charge in [-0.3, -0.25) is 10.2 Å². The number of carbonyl (C=O) groups is 2. The molecule has 1 aliphatic heterocycles. The molecule has 1 aromatic rings. The Morgan fingerprint density at radius 2 is 2.10 bits per heavy atom. The largest absolute Gasteiger partial charge is 0.573 e. The molecule has 1 aromatic carbocycles. The molecule has 0 spiro atoms. The van der Waals surface area contributed by atoms with Crippen molar-refractivity contribution in [1.82, 2.24) is 26.1 Å². The monoisotopic (exact) mass is 448 g/mol. The van der Waals surface area contributed by atoms with Crippen LogP contribution in [0.15, 0.2) is 41.3 Å². The fourth-order valence-electron chi connectivity index (χ4n) is 2.13. The van der Waals surface area contributed by atoms with Crippen molar-refractivity contribution in [3.8, 4) is 5.75 Å². The molecule has 0 atom stereocenters. The van der Waals surface area contributed by atoms with Crippen LogP contribution in [0.2, 0.25) is 0 Å². The third-order valence-electron chi connectivity index (χ3n) is 3.18. The molecule has 10 nitrogen and oxygen atoms in total. The molecule has 0 saturated heterocycles. The number of esters is 1. The van der Waals surface area contributed by atoms with Crippen LogP contribution < -0.4 is 26.4 Å². The van der Waals surface area contributed by atoms with E-state index in [1.54, 1.807) is 6.92 Å². The molecule has 0 unspecified atom stereocenters. The number of hydrazone groups is 1. The number of amides is 1. The molecular weight excluding hydrogens is 429 g/mol. The zero-order chi connectivity index (χ0) is 22.1. The number of benzene rings is 1. The van der Waals surface area contributed by atoms with E-state index in [2.05, 4.69) is 31.5 Å². The summed E-state index contributed by atoms with van der Waals surface area (Å²) in [5.74, 6) is -1.51. The molecule has 164 valence electrons. The van der Waals surface area contributed by atoms with Crippen molar-refractivity contribution in [1.29, 1.82) is 0 Å². The van der Waals surface area contributed by atoms with Crippen LogP contribution >= 0.6 is 11.9 Å². The quantitative estimate of drug-likeness (QED) is 0.160. The van der Waals surface area contributed by atoms with Gasteiger partial charge in [0.2, 0.25) is 11.1 Å². The lowest BCUT2D eigenvalue weighted by Gasteiger charge is -2.15. The number of nitrogens with one attached hydrogen (secondary N) is 4. The number of halogens is 3. The van der Waals surface area contributed by atoms with E-state index in [0.717, 1.165) is 24.1 Å². The number of carbonyl (C=O) groups excluding carboxylic acids is 2. The van der Waals surface area contributed by atoms with Crippen LogP contribution in [0.4, 0.5) is 13.2 Å². The summed E-state index contributed by atoms with van der Waals surface area (Å²) in [5.41, 5.74) is 8.25. The minimum Gasteiger partial charge on any atom is -0.461 e. The Balaban J connectivity index is 1.96. The summed E-state index contributed by atoms with van der Waals surface area (Å²) in [6.07, 6.45) is -3.64. The van der Waals surface area contributed by atoms with E-state index in [1.165, 1.54) is 29.8 Å². The summed E-state index contributed by atoms with van der Waals surface area (Å²) in [5, 5.41) is 6.55. The second kappa shape index (κ2) is 10.6. The Kier molecular flexibility index (Phi) is 8.17. The lowest BCUT2D eigenvalue weighted by atomic mass is 10.1. The van der Waals surface area contributed by atoms with Gasteiger partial charge in [0, 0.05) is 19.0 Å². The van der Waals surface area contributed by atoms with E-state index in [-0.39, 0.29) is 23.9 Å². The number of hydrogen-bond acceptors (Lipinski definition) is 10. The van der Waals surface area contributed by atoms with E-state index < -0.39 is 24.0 Å². The van der Waals surface area contributed by atoms with Gasteiger partial charge < -0.3 is 20.2 Å². The van der Waals surface area contributed by atoms with Crippen LogP contribution in [-0.2, 0) is 20.7 Å². The first kappa shape index (κ1) is 23.2. The molecule has 2 rings (SSSR count). The molecule has 14 heteroatoms. The number of hydrogen-bond donors (Lipinski definition) is 4. The van der Waals surface area contributed by atoms with Gasteiger partial charge in [-0.2, -0.15) is 5.10 Å². The van der Waals surface area contributed by atoms with Crippen LogP contribution in [0.5, 0.6) is 5.75 Å².